The zero-order chi connectivity index (χ0) is 20.9. The van der Waals surface area contributed by atoms with Crippen LogP contribution in [-0.2, 0) is 12.8 Å². The molecule has 2 aromatic rings. The maximum Gasteiger partial charge on any atom is 0.320 e. The number of carbonyl (C=O) groups excluding carboxylic acids is 1. The summed E-state index contributed by atoms with van der Waals surface area (Å²) in [7, 11) is 0. The summed E-state index contributed by atoms with van der Waals surface area (Å²) in [5.74, 6) is 2.54. The smallest absolute Gasteiger partial charge is 0.320 e. The largest absolute Gasteiger partial charge is 0.396 e. The van der Waals surface area contributed by atoms with Crippen molar-refractivity contribution in [1.29, 1.82) is 0 Å². The van der Waals surface area contributed by atoms with Gasteiger partial charge in [-0.3, -0.25) is 5.10 Å². The quantitative estimate of drug-likeness (QED) is 0.767. The highest BCUT2D eigenvalue weighted by Gasteiger charge is 2.35. The summed E-state index contributed by atoms with van der Waals surface area (Å²) in [5.41, 5.74) is 4.59. The van der Waals surface area contributed by atoms with Crippen molar-refractivity contribution in [1.82, 2.24) is 20.0 Å². The number of nitrogens with zero attached hydrogens (tertiary/aromatic N) is 3. The number of benzene rings is 1. The fourth-order valence-electron chi connectivity index (χ4n) is 4.53. The highest BCUT2D eigenvalue weighted by molar-refractivity contribution is 7.99. The Labute approximate surface area is 183 Å². The third-order valence-electron chi connectivity index (χ3n) is 6.31. The number of aliphatic hydroxyl groups excluding tert-OH is 1. The summed E-state index contributed by atoms with van der Waals surface area (Å²) >= 11 is 1.92. The number of likely N-dealkylation sites (tertiary alicyclic amines) is 1. The van der Waals surface area contributed by atoms with Crippen LogP contribution in [0.5, 0.6) is 0 Å². The van der Waals surface area contributed by atoms with E-state index >= 15 is 0 Å². The zero-order valence-corrected chi connectivity index (χ0v) is 18.5. The number of aromatic amines is 1. The lowest BCUT2D eigenvalue weighted by Crippen LogP contribution is -2.51. The number of hydrogen-bond donors (Lipinski definition) is 2. The Bertz CT molecular complexity index is 832. The Hall–Kier alpha value is -1.99. The highest BCUT2D eigenvalue weighted by Crippen LogP contribution is 2.36. The average molecular weight is 429 g/mol. The Kier molecular flexibility index (Phi) is 7.00. The van der Waals surface area contributed by atoms with Crippen molar-refractivity contribution in [2.45, 2.75) is 38.0 Å². The molecule has 2 aliphatic heterocycles. The standard InChI is InChI=1S/C23H32N4O2S/c1-2-17-3-5-18(6-4-17)19-13-20(22-14-21(7-10-28)24-25-22)16-27(15-19)23(29)26-8-11-30-12-9-26/h3-6,14,19-20,28H,2,7-13,15-16H2,1H3,(H,24,25). The van der Waals surface area contributed by atoms with Crippen LogP contribution in [0.15, 0.2) is 30.3 Å². The molecule has 2 aliphatic rings. The minimum Gasteiger partial charge on any atom is -0.396 e. The van der Waals surface area contributed by atoms with Crippen LogP contribution in [-0.4, -0.2) is 75.4 Å². The van der Waals surface area contributed by atoms with E-state index in [9.17, 15) is 9.90 Å². The molecule has 2 saturated heterocycles. The molecule has 4 rings (SSSR count). The van der Waals surface area contributed by atoms with Crippen LogP contribution in [0, 0.1) is 0 Å². The second-order valence-corrected chi connectivity index (χ2v) is 9.53. The van der Waals surface area contributed by atoms with Crippen LogP contribution >= 0.6 is 11.8 Å². The number of carbonyl (C=O) groups is 1. The molecule has 0 bridgehead atoms. The fraction of sp³-hybridized carbons (Fsp3) is 0.565. The molecule has 0 aliphatic carbocycles. The number of rotatable bonds is 5. The number of piperidine rings is 1. The molecule has 0 radical (unpaired) electrons. The lowest BCUT2D eigenvalue weighted by atomic mass is 9.82. The van der Waals surface area contributed by atoms with E-state index in [0.717, 1.165) is 55.4 Å². The van der Waals surface area contributed by atoms with Crippen LogP contribution in [0.3, 0.4) is 0 Å². The average Bonchev–Trinajstić information content (AvgIpc) is 3.28. The Balaban J connectivity index is 1.56. The van der Waals surface area contributed by atoms with Gasteiger partial charge in [0.1, 0.15) is 0 Å². The van der Waals surface area contributed by atoms with Crippen molar-refractivity contribution in [2.24, 2.45) is 0 Å². The minimum atomic E-state index is 0.107. The fourth-order valence-corrected chi connectivity index (χ4v) is 5.43. The van der Waals surface area contributed by atoms with Gasteiger partial charge < -0.3 is 14.9 Å². The second kappa shape index (κ2) is 9.88. The first kappa shape index (κ1) is 21.2. The molecule has 0 spiro atoms. The van der Waals surface area contributed by atoms with Gasteiger partial charge in [-0.15, -0.1) is 0 Å². The normalized spacial score (nSPS) is 22.3. The van der Waals surface area contributed by atoms with Crippen LogP contribution in [0.25, 0.3) is 0 Å². The van der Waals surface area contributed by atoms with E-state index in [-0.39, 0.29) is 18.6 Å². The molecular formula is C23H32N4O2S. The summed E-state index contributed by atoms with van der Waals surface area (Å²) in [6.45, 7) is 5.42. The van der Waals surface area contributed by atoms with Gasteiger partial charge in [-0.1, -0.05) is 31.2 Å². The number of aromatic nitrogens is 2. The summed E-state index contributed by atoms with van der Waals surface area (Å²) < 4.78 is 0. The molecule has 162 valence electrons. The van der Waals surface area contributed by atoms with E-state index in [1.54, 1.807) is 0 Å². The first-order valence-electron chi connectivity index (χ1n) is 11.0. The van der Waals surface area contributed by atoms with Crippen LogP contribution in [0.1, 0.15) is 47.7 Å². The van der Waals surface area contributed by atoms with Crippen molar-refractivity contribution >= 4 is 17.8 Å². The van der Waals surface area contributed by atoms with Gasteiger partial charge in [0.25, 0.3) is 0 Å². The molecule has 2 N–H and O–H groups in total. The van der Waals surface area contributed by atoms with E-state index in [0.29, 0.717) is 18.9 Å². The second-order valence-electron chi connectivity index (χ2n) is 8.30. The van der Waals surface area contributed by atoms with Crippen molar-refractivity contribution in [2.75, 3.05) is 44.3 Å². The molecule has 6 nitrogen and oxygen atoms in total. The number of urea groups is 1. The van der Waals surface area contributed by atoms with E-state index in [2.05, 4.69) is 47.5 Å². The molecule has 1 aromatic heterocycles. The van der Waals surface area contributed by atoms with Crippen molar-refractivity contribution in [3.63, 3.8) is 0 Å². The van der Waals surface area contributed by atoms with E-state index in [1.165, 1.54) is 11.1 Å². The number of amides is 2. The number of hydrogen-bond acceptors (Lipinski definition) is 4. The van der Waals surface area contributed by atoms with Gasteiger partial charge in [0.2, 0.25) is 0 Å². The molecular weight excluding hydrogens is 396 g/mol. The molecule has 1 aromatic carbocycles. The number of aryl methyl sites for hydroxylation is 1. The lowest BCUT2D eigenvalue weighted by molar-refractivity contribution is 0.135. The molecule has 2 atom stereocenters. The SMILES string of the molecule is CCc1ccc(C2CC(c3cc(CCO)[nH]n3)CN(C(=O)N3CCSCC3)C2)cc1. The van der Waals surface area contributed by atoms with Crippen molar-refractivity contribution in [3.8, 4) is 0 Å². The maximum absolute atomic E-state index is 13.3. The molecule has 3 heterocycles. The first-order chi connectivity index (χ1) is 14.7. The van der Waals surface area contributed by atoms with Crippen LogP contribution in [0.2, 0.25) is 0 Å². The van der Waals surface area contributed by atoms with E-state index < -0.39 is 0 Å². The predicted molar refractivity (Wildman–Crippen MR) is 121 cm³/mol. The van der Waals surface area contributed by atoms with Crippen LogP contribution in [0.4, 0.5) is 4.79 Å². The van der Waals surface area contributed by atoms with Crippen molar-refractivity contribution in [3.05, 3.63) is 52.8 Å². The molecule has 0 saturated carbocycles. The summed E-state index contributed by atoms with van der Waals surface area (Å²) in [6.07, 6.45) is 2.59. The topological polar surface area (TPSA) is 72.5 Å². The molecule has 2 fully saturated rings. The Morgan fingerprint density at radius 1 is 1.17 bits per heavy atom. The van der Waals surface area contributed by atoms with Gasteiger partial charge in [-0.25, -0.2) is 4.79 Å². The van der Waals surface area contributed by atoms with Gasteiger partial charge >= 0.3 is 6.03 Å². The number of nitrogens with one attached hydrogen (secondary N) is 1. The first-order valence-corrected chi connectivity index (χ1v) is 12.2. The zero-order valence-electron chi connectivity index (χ0n) is 17.7. The van der Waals surface area contributed by atoms with E-state index in [1.807, 2.05) is 21.6 Å². The van der Waals surface area contributed by atoms with Crippen molar-refractivity contribution < 1.29 is 9.90 Å². The molecule has 2 amide bonds. The van der Waals surface area contributed by atoms with Crippen LogP contribution < -0.4 is 0 Å². The number of thioether (sulfide) groups is 1. The third kappa shape index (κ3) is 4.83. The minimum absolute atomic E-state index is 0.107. The van der Waals surface area contributed by atoms with Gasteiger partial charge in [0.05, 0.1) is 5.69 Å². The third-order valence-corrected chi connectivity index (χ3v) is 7.25. The monoisotopic (exact) mass is 428 g/mol. The molecule has 30 heavy (non-hydrogen) atoms. The number of H-pyrrole nitrogens is 1. The highest BCUT2D eigenvalue weighted by atomic mass is 32.2. The van der Waals surface area contributed by atoms with Gasteiger partial charge in [0, 0.05) is 68.2 Å². The summed E-state index contributed by atoms with van der Waals surface area (Å²) in [5, 5.41) is 16.8. The lowest BCUT2D eigenvalue weighted by Gasteiger charge is -2.40. The summed E-state index contributed by atoms with van der Waals surface area (Å²) in [4.78, 5) is 17.4. The summed E-state index contributed by atoms with van der Waals surface area (Å²) in [6, 6.07) is 11.1. The Morgan fingerprint density at radius 2 is 1.90 bits per heavy atom. The molecule has 7 heteroatoms. The van der Waals surface area contributed by atoms with E-state index in [4.69, 9.17) is 0 Å². The maximum atomic E-state index is 13.3. The number of aliphatic hydroxyl groups is 1. The molecule has 2 unspecified atom stereocenters. The van der Waals surface area contributed by atoms with Gasteiger partial charge in [-0.05, 0) is 30.0 Å². The van der Waals surface area contributed by atoms with Gasteiger partial charge in [0.15, 0.2) is 0 Å². The Morgan fingerprint density at radius 3 is 2.60 bits per heavy atom. The predicted octanol–water partition coefficient (Wildman–Crippen LogP) is 3.25. The van der Waals surface area contributed by atoms with Gasteiger partial charge in [-0.2, -0.15) is 16.9 Å².